The molecule has 0 bridgehead atoms. The summed E-state index contributed by atoms with van der Waals surface area (Å²) in [5, 5.41) is 19.6. The number of phenolic OH excluding ortho intramolecular Hbond substituents is 2. The van der Waals surface area contributed by atoms with Gasteiger partial charge in [-0.1, -0.05) is 20.8 Å². The first-order chi connectivity index (χ1) is 8.84. The number of aldehydes is 1. The summed E-state index contributed by atoms with van der Waals surface area (Å²) < 4.78 is 0. The molecule has 0 aliphatic heterocycles. The van der Waals surface area contributed by atoms with Crippen LogP contribution in [0.15, 0.2) is 6.07 Å². The van der Waals surface area contributed by atoms with Crippen molar-refractivity contribution in [1.29, 1.82) is 0 Å². The number of hydrogen-bond acceptors (Lipinski definition) is 4. The third kappa shape index (κ3) is 2.78. The highest BCUT2D eigenvalue weighted by Gasteiger charge is 2.25. The van der Waals surface area contributed by atoms with E-state index in [1.54, 1.807) is 6.92 Å². The zero-order chi connectivity index (χ0) is 14.7. The molecular weight excluding hydrogens is 244 g/mol. The molecule has 0 heterocycles. The van der Waals surface area contributed by atoms with Crippen LogP contribution in [0.3, 0.4) is 0 Å². The fraction of sp³-hybridized carbons (Fsp3) is 0.467. The van der Waals surface area contributed by atoms with E-state index in [1.165, 1.54) is 13.0 Å². The maximum atomic E-state index is 12.2. The molecule has 2 N–H and O–H groups in total. The van der Waals surface area contributed by atoms with Gasteiger partial charge in [0.1, 0.15) is 17.3 Å². The minimum Gasteiger partial charge on any atom is -0.508 e. The van der Waals surface area contributed by atoms with Crippen LogP contribution in [0.1, 0.15) is 54.6 Å². The second kappa shape index (κ2) is 5.87. The molecule has 19 heavy (non-hydrogen) atoms. The number of carbonyl (C=O) groups is 2. The number of hydrogen-bond donors (Lipinski definition) is 2. The number of Topliss-reactive ketones (excluding diaryl/α,β-unsaturated/α-hetero) is 1. The summed E-state index contributed by atoms with van der Waals surface area (Å²) in [7, 11) is 0. The Morgan fingerprint density at radius 2 is 1.95 bits per heavy atom. The van der Waals surface area contributed by atoms with E-state index in [9.17, 15) is 19.8 Å². The molecule has 0 amide bonds. The van der Waals surface area contributed by atoms with Crippen LogP contribution < -0.4 is 0 Å². The molecule has 1 aromatic rings. The lowest BCUT2D eigenvalue weighted by Crippen LogP contribution is -2.18. The Morgan fingerprint density at radius 3 is 2.42 bits per heavy atom. The molecule has 0 saturated carbocycles. The van der Waals surface area contributed by atoms with Gasteiger partial charge in [-0.2, -0.15) is 0 Å². The molecule has 0 aliphatic rings. The van der Waals surface area contributed by atoms with E-state index in [0.29, 0.717) is 18.3 Å². The van der Waals surface area contributed by atoms with E-state index in [0.717, 1.165) is 0 Å². The topological polar surface area (TPSA) is 74.6 Å². The predicted octanol–water partition coefficient (Wildman–Crippen LogP) is 2.94. The van der Waals surface area contributed by atoms with Crippen molar-refractivity contribution in [3.63, 3.8) is 0 Å². The van der Waals surface area contributed by atoms with Crippen LogP contribution in [0.25, 0.3) is 0 Å². The Morgan fingerprint density at radius 1 is 1.37 bits per heavy atom. The first-order valence-electron chi connectivity index (χ1n) is 6.39. The summed E-state index contributed by atoms with van der Waals surface area (Å²) in [6.45, 7) is 6.95. The molecule has 0 radical (unpaired) electrons. The maximum Gasteiger partial charge on any atom is 0.154 e. The van der Waals surface area contributed by atoms with Crippen LogP contribution in [-0.2, 0) is 4.79 Å². The van der Waals surface area contributed by atoms with Crippen molar-refractivity contribution in [2.24, 2.45) is 5.92 Å². The predicted molar refractivity (Wildman–Crippen MR) is 72.8 cm³/mol. The first-order valence-corrected chi connectivity index (χ1v) is 6.39. The lowest BCUT2D eigenvalue weighted by molar-refractivity contribution is -0.123. The highest BCUT2D eigenvalue weighted by molar-refractivity contribution is 5.92. The van der Waals surface area contributed by atoms with Gasteiger partial charge in [0.05, 0.1) is 5.56 Å². The second-order valence-electron chi connectivity index (χ2n) is 4.92. The monoisotopic (exact) mass is 264 g/mol. The smallest absolute Gasteiger partial charge is 0.154 e. The quantitative estimate of drug-likeness (QED) is 0.802. The zero-order valence-electron chi connectivity index (χ0n) is 11.7. The third-order valence-corrected chi connectivity index (χ3v) is 3.71. The lowest BCUT2D eigenvalue weighted by Gasteiger charge is -2.18. The van der Waals surface area contributed by atoms with Crippen molar-refractivity contribution < 1.29 is 19.8 Å². The van der Waals surface area contributed by atoms with Crippen molar-refractivity contribution >= 4 is 12.1 Å². The zero-order valence-corrected chi connectivity index (χ0v) is 11.7. The van der Waals surface area contributed by atoms with E-state index in [-0.39, 0.29) is 34.3 Å². The molecule has 104 valence electrons. The Balaban J connectivity index is 3.34. The van der Waals surface area contributed by atoms with Gasteiger partial charge < -0.3 is 10.2 Å². The number of benzene rings is 1. The minimum atomic E-state index is -0.535. The molecule has 0 saturated heterocycles. The van der Waals surface area contributed by atoms with E-state index in [2.05, 4.69) is 0 Å². The van der Waals surface area contributed by atoms with E-state index in [1.807, 2.05) is 13.8 Å². The van der Waals surface area contributed by atoms with Gasteiger partial charge in [-0.05, 0) is 25.0 Å². The van der Waals surface area contributed by atoms with Crippen LogP contribution in [0.4, 0.5) is 0 Å². The molecule has 0 spiro atoms. The highest BCUT2D eigenvalue weighted by atomic mass is 16.3. The third-order valence-electron chi connectivity index (χ3n) is 3.71. The van der Waals surface area contributed by atoms with Crippen LogP contribution in [0.2, 0.25) is 0 Å². The number of carbonyl (C=O) groups excluding carboxylic acids is 2. The Bertz CT molecular complexity index is 505. The fourth-order valence-corrected chi connectivity index (χ4v) is 2.06. The molecular formula is C15H20O4. The maximum absolute atomic E-state index is 12.2. The van der Waals surface area contributed by atoms with Gasteiger partial charge in [0.25, 0.3) is 0 Å². The van der Waals surface area contributed by atoms with Gasteiger partial charge in [0.2, 0.25) is 0 Å². The SMILES string of the molecule is CCC(C)C(=O)C(C)c1cc(O)c(C)c(O)c1C=O. The van der Waals surface area contributed by atoms with Crippen LogP contribution >= 0.6 is 0 Å². The summed E-state index contributed by atoms with van der Waals surface area (Å²) >= 11 is 0. The van der Waals surface area contributed by atoms with Gasteiger partial charge in [-0.3, -0.25) is 9.59 Å². The van der Waals surface area contributed by atoms with Gasteiger partial charge in [-0.25, -0.2) is 0 Å². The van der Waals surface area contributed by atoms with Gasteiger partial charge >= 0.3 is 0 Å². The van der Waals surface area contributed by atoms with Crippen molar-refractivity contribution in [2.75, 3.05) is 0 Å². The van der Waals surface area contributed by atoms with Crippen molar-refractivity contribution in [3.05, 3.63) is 22.8 Å². The summed E-state index contributed by atoms with van der Waals surface area (Å²) in [5.41, 5.74) is 0.703. The Hall–Kier alpha value is -1.84. The highest BCUT2D eigenvalue weighted by Crippen LogP contribution is 2.36. The molecule has 4 heteroatoms. The molecule has 0 fully saturated rings. The van der Waals surface area contributed by atoms with Crippen molar-refractivity contribution in [3.8, 4) is 11.5 Å². The van der Waals surface area contributed by atoms with Crippen LogP contribution in [0.5, 0.6) is 11.5 Å². The number of phenols is 2. The van der Waals surface area contributed by atoms with Gasteiger partial charge in [0.15, 0.2) is 6.29 Å². The summed E-state index contributed by atoms with van der Waals surface area (Å²) in [6.07, 6.45) is 1.24. The summed E-state index contributed by atoms with van der Waals surface area (Å²) in [4.78, 5) is 23.3. The van der Waals surface area contributed by atoms with Crippen molar-refractivity contribution in [1.82, 2.24) is 0 Å². The molecule has 4 nitrogen and oxygen atoms in total. The lowest BCUT2D eigenvalue weighted by atomic mass is 9.85. The number of ketones is 1. The van der Waals surface area contributed by atoms with Crippen LogP contribution in [-0.4, -0.2) is 22.3 Å². The number of rotatable bonds is 5. The van der Waals surface area contributed by atoms with Gasteiger partial charge in [-0.15, -0.1) is 0 Å². The molecule has 0 aromatic heterocycles. The molecule has 2 unspecified atom stereocenters. The first kappa shape index (κ1) is 15.2. The Labute approximate surface area is 113 Å². The van der Waals surface area contributed by atoms with Gasteiger partial charge in [0, 0.05) is 17.4 Å². The van der Waals surface area contributed by atoms with E-state index >= 15 is 0 Å². The van der Waals surface area contributed by atoms with E-state index in [4.69, 9.17) is 0 Å². The summed E-state index contributed by atoms with van der Waals surface area (Å²) in [5.74, 6) is -1.03. The average Bonchev–Trinajstić information content (AvgIpc) is 2.41. The largest absolute Gasteiger partial charge is 0.508 e. The molecule has 1 rings (SSSR count). The van der Waals surface area contributed by atoms with Crippen LogP contribution in [0, 0.1) is 12.8 Å². The molecule has 2 atom stereocenters. The Kier molecular flexibility index (Phi) is 4.70. The molecule has 1 aromatic carbocycles. The van der Waals surface area contributed by atoms with Crippen molar-refractivity contribution in [2.45, 2.75) is 40.0 Å². The van der Waals surface area contributed by atoms with E-state index < -0.39 is 5.92 Å². The average molecular weight is 264 g/mol. The standard InChI is InChI=1S/C15H20O4/c1-5-8(2)14(18)9(3)11-6-13(17)10(4)15(19)12(11)7-16/h6-9,17,19H,5H2,1-4H3. The summed E-state index contributed by atoms with van der Waals surface area (Å²) in [6, 6.07) is 1.39. The second-order valence-corrected chi connectivity index (χ2v) is 4.92. The minimum absolute atomic E-state index is 0.00625. The normalized spacial score (nSPS) is 13.9. The number of aromatic hydroxyl groups is 2. The fourth-order valence-electron chi connectivity index (χ4n) is 2.06. The molecule has 0 aliphatic carbocycles.